The quantitative estimate of drug-likeness (QED) is 0.227. The fraction of sp³-hybridized carbons (Fsp3) is 1.00. The summed E-state index contributed by atoms with van der Waals surface area (Å²) in [6.07, 6.45) is 135. The Morgan fingerprint density at radius 1 is 0.0696 bits per heavy atom. The first kappa shape index (κ1) is 89.8. The van der Waals surface area contributed by atoms with Gasteiger partial charge in [0.25, 0.3) is 0 Å². The van der Waals surface area contributed by atoms with Crippen LogP contribution in [0.5, 0.6) is 0 Å². The minimum absolute atomic E-state index is 1.11. The summed E-state index contributed by atoms with van der Waals surface area (Å²) in [6, 6.07) is 0. The standard InChI is InChI=1S/C12H22.2C11H20.3C10H18.C9H14.2C9H16.C8H12.2C8H14/c1-2-6-12-9-3-7-11(5-1)8-4-10-12;1-4-10-6-2-7-11(5-1)9-3-8-10;1-2-5-11-7-3-6-10(4-1)8-9-11;1-3-9-5-2-6-10(4-1)8-7-9;1-2-5-10-7-3-6-9(4-1)8-10;1-2-4-10-7-5-9(3-1)6-8-10;1-2-7-5-6(1)8-3-4-9(7)8;1-3-8-5-2-6-9(4-1)7-8;1-2-4-9-6-5-8(3-1)7-9;1-2-6-3-5(1)7-4-8(6)7;1-2-8-5-3-7(1)4-6-8;1-2-7-4-5-8(3-1)6-7/h11-12H,1-10H2;2*10-11H,1-9H2;3*9-10H,1-8H2;6-9H,1-5H2;2*8-9H,1-7H2;5-8H,1-4H2;2*7-8H,1-6H2. The van der Waals surface area contributed by atoms with Crippen molar-refractivity contribution < 1.29 is 0 Å². The Morgan fingerprint density at radius 2 is 0.191 bits per heavy atom. The van der Waals surface area contributed by atoms with E-state index in [1.807, 2.05) is 0 Å². The van der Waals surface area contributed by atoms with Gasteiger partial charge in [-0.3, -0.25) is 0 Å². The largest absolute Gasteiger partial charge is 0.0530 e. The van der Waals surface area contributed by atoms with E-state index in [2.05, 4.69) is 0 Å². The first-order valence-electron chi connectivity index (χ1n) is 56.9. The van der Waals surface area contributed by atoms with E-state index in [9.17, 15) is 0 Å². The van der Waals surface area contributed by atoms with Crippen LogP contribution in [0.3, 0.4) is 0 Å². The van der Waals surface area contributed by atoms with Crippen LogP contribution in [0.25, 0.3) is 0 Å². The average molecular weight is 1580 g/mol. The minimum Gasteiger partial charge on any atom is -0.0530 e. The molecule has 0 spiro atoms. The molecule has 0 aromatic rings. The zero-order chi connectivity index (χ0) is 77.7. The number of fused-ring (bicyclic) bond motifs is 45. The van der Waals surface area contributed by atoms with E-state index in [4.69, 9.17) is 0 Å². The SMILES string of the molecule is C1CC2CC1C1CC21.C1CC2CC1C1CCC21.C1CC2CCC(C1)C2.C1CC2CCC1CC2.C1CC2CCCC(C1)C2.C1CC2CCCC(C1)CC2.C1CC2CCCC(C1)CCC2.C1CCC2CCC(C1)C2.C1CCC2CCC(C1)CC2.C1CCC2CCCC(C1)C2.C1CCC2CCCC(C1)CC2.C1CCC2CCCC(C1)CCC2. The minimum atomic E-state index is 1.11. The number of hydrogen-bond donors (Lipinski definition) is 0. The molecular weight excluding hydrogens is 1380 g/mol. The molecule has 0 nitrogen and oxygen atoms in total. The molecule has 30 rings (SSSR count). The van der Waals surface area contributed by atoms with Crippen LogP contribution in [-0.4, -0.2) is 0 Å². The zero-order valence-electron chi connectivity index (χ0n) is 77.7. The van der Waals surface area contributed by atoms with Gasteiger partial charge in [-0.15, -0.1) is 0 Å². The van der Waals surface area contributed by atoms with E-state index in [-0.39, 0.29) is 0 Å². The summed E-state index contributed by atoms with van der Waals surface area (Å²) in [6.45, 7) is 0. The zero-order valence-corrected chi connectivity index (χ0v) is 77.7. The van der Waals surface area contributed by atoms with Gasteiger partial charge in [-0.1, -0.05) is 475 Å². The summed E-state index contributed by atoms with van der Waals surface area (Å²) < 4.78 is 0. The molecule has 0 N–H and O–H groups in total. The molecule has 0 radical (unpaired) electrons. The molecule has 30 fully saturated rings. The first-order valence-corrected chi connectivity index (χ1v) is 56.9. The van der Waals surface area contributed by atoms with Crippen LogP contribution < -0.4 is 0 Å². The van der Waals surface area contributed by atoms with E-state index < -0.39 is 0 Å². The topological polar surface area (TPSA) is 0 Å². The van der Waals surface area contributed by atoms with Crippen molar-refractivity contribution in [3.05, 3.63) is 0 Å². The summed E-state index contributed by atoms with van der Waals surface area (Å²) in [4.78, 5) is 0. The van der Waals surface area contributed by atoms with Crippen LogP contribution in [-0.2, 0) is 0 Å². The lowest BCUT2D eigenvalue weighted by Crippen LogP contribution is -2.31. The van der Waals surface area contributed by atoms with E-state index >= 15 is 0 Å². The Morgan fingerprint density at radius 3 is 0.365 bits per heavy atom. The van der Waals surface area contributed by atoms with Gasteiger partial charge in [-0.05, 0) is 249 Å². The Balaban J connectivity index is 0.0000000988. The van der Waals surface area contributed by atoms with E-state index in [1.54, 1.807) is 417 Å². The lowest BCUT2D eigenvalue weighted by atomic mass is 9.66. The fourth-order valence-corrected chi connectivity index (χ4v) is 33.7. The summed E-state index contributed by atoms with van der Waals surface area (Å²) >= 11 is 0. The maximum atomic E-state index is 1.62. The predicted octanol–water partition coefficient (Wildman–Crippen LogP) is 37.4. The van der Waals surface area contributed by atoms with Gasteiger partial charge in [0.15, 0.2) is 0 Å². The average Bonchev–Trinajstić information content (AvgIpc) is 1.57. The van der Waals surface area contributed by atoms with Crippen molar-refractivity contribution in [3.8, 4) is 0 Å². The smallest absolute Gasteiger partial charge is 0.0352 e. The predicted molar refractivity (Wildman–Crippen MR) is 499 cm³/mol. The van der Waals surface area contributed by atoms with Gasteiger partial charge in [-0.25, -0.2) is 0 Å². The van der Waals surface area contributed by atoms with Crippen LogP contribution in [0.4, 0.5) is 0 Å². The Kier molecular flexibility index (Phi) is 38.9. The van der Waals surface area contributed by atoms with Crippen molar-refractivity contribution in [3.63, 3.8) is 0 Å². The van der Waals surface area contributed by atoms with Gasteiger partial charge in [0.05, 0.1) is 0 Å². The normalized spacial score (nSPS) is 44.5. The van der Waals surface area contributed by atoms with Gasteiger partial charge in [-0.2, -0.15) is 0 Å². The highest BCUT2D eigenvalue weighted by atomic mass is 14.6. The monoisotopic (exact) mass is 1580 g/mol. The van der Waals surface area contributed by atoms with Gasteiger partial charge in [0, 0.05) is 0 Å². The van der Waals surface area contributed by atoms with Crippen molar-refractivity contribution in [2.75, 3.05) is 0 Å². The molecular formula is C115H202. The maximum absolute atomic E-state index is 1.62. The molecule has 0 aliphatic heterocycles. The molecule has 0 aromatic carbocycles. The lowest BCUT2D eigenvalue weighted by molar-refractivity contribution is 0.103. The molecule has 0 saturated heterocycles. The Labute approximate surface area is 719 Å². The van der Waals surface area contributed by atoms with Crippen molar-refractivity contribution >= 4 is 0 Å². The van der Waals surface area contributed by atoms with Crippen molar-refractivity contribution in [2.45, 2.75) is 559 Å². The summed E-state index contributed by atoms with van der Waals surface area (Å²) in [7, 11) is 0. The van der Waals surface area contributed by atoms with E-state index in [0.29, 0.717) is 0 Å². The van der Waals surface area contributed by atoms with Crippen LogP contribution in [0.2, 0.25) is 0 Å². The molecule has 0 heterocycles. The first-order chi connectivity index (χ1) is 56.9. The van der Waals surface area contributed by atoms with Crippen LogP contribution >= 0.6 is 0 Å². The molecule has 30 aliphatic carbocycles. The summed E-state index contributed by atoms with van der Waals surface area (Å²) in [5.74, 6) is 32.5. The summed E-state index contributed by atoms with van der Waals surface area (Å²) in [5, 5.41) is 0. The molecule has 30 saturated carbocycles. The molecule has 662 valence electrons. The van der Waals surface area contributed by atoms with E-state index in [0.717, 1.165) is 118 Å². The second-order valence-corrected chi connectivity index (χ2v) is 49.2. The molecule has 0 amide bonds. The summed E-state index contributed by atoms with van der Waals surface area (Å²) in [5.41, 5.74) is 0. The van der Waals surface area contributed by atoms with Crippen LogP contribution in [0.1, 0.15) is 559 Å². The molecule has 0 heteroatoms. The van der Waals surface area contributed by atoms with Crippen LogP contribution in [0.15, 0.2) is 0 Å². The molecule has 16 atom stereocenters. The maximum Gasteiger partial charge on any atom is -0.0352 e. The highest BCUT2D eigenvalue weighted by Crippen LogP contribution is 2.66. The Hall–Kier alpha value is 0. The van der Waals surface area contributed by atoms with Crippen LogP contribution in [0, 0.1) is 166 Å². The second-order valence-electron chi connectivity index (χ2n) is 49.2. The van der Waals surface area contributed by atoms with Crippen molar-refractivity contribution in [1.29, 1.82) is 0 Å². The third-order valence-corrected chi connectivity index (χ3v) is 41.3. The molecule has 16 unspecified atom stereocenters. The lowest BCUT2D eigenvalue weighted by Gasteiger charge is -2.40. The number of hydrogen-bond acceptors (Lipinski definition) is 0. The highest BCUT2D eigenvalue weighted by molar-refractivity contribution is 5.06. The van der Waals surface area contributed by atoms with Crippen molar-refractivity contribution in [1.82, 2.24) is 0 Å². The van der Waals surface area contributed by atoms with Gasteiger partial charge >= 0.3 is 0 Å². The highest BCUT2D eigenvalue weighted by Gasteiger charge is 2.57. The van der Waals surface area contributed by atoms with Gasteiger partial charge in [0.1, 0.15) is 0 Å². The molecule has 30 aliphatic rings. The third-order valence-electron chi connectivity index (χ3n) is 41.3. The molecule has 0 aromatic heterocycles. The number of rotatable bonds is 0. The van der Waals surface area contributed by atoms with Crippen molar-refractivity contribution in [2.24, 2.45) is 166 Å². The van der Waals surface area contributed by atoms with Gasteiger partial charge in [0.2, 0.25) is 0 Å². The van der Waals surface area contributed by atoms with E-state index in [1.165, 1.54) is 189 Å². The van der Waals surface area contributed by atoms with Gasteiger partial charge < -0.3 is 0 Å². The third kappa shape index (κ3) is 30.4. The molecule has 115 heavy (non-hydrogen) atoms. The Bertz CT molecular complexity index is 2240. The fourth-order valence-electron chi connectivity index (χ4n) is 33.7. The molecule has 24 bridgehead atoms. The second kappa shape index (κ2) is 49.8.